The number of hydrogen-bond acceptors (Lipinski definition) is 2. The van der Waals surface area contributed by atoms with Crippen molar-refractivity contribution in [2.45, 2.75) is 12.5 Å². The number of benzene rings is 1. The van der Waals surface area contributed by atoms with Crippen LogP contribution in [0.25, 0.3) is 0 Å². The van der Waals surface area contributed by atoms with Crippen molar-refractivity contribution in [2.75, 3.05) is 6.61 Å². The van der Waals surface area contributed by atoms with Crippen LogP contribution in [-0.4, -0.2) is 11.7 Å². The molecule has 0 saturated heterocycles. The second-order valence-corrected chi connectivity index (χ2v) is 2.75. The van der Waals surface area contributed by atoms with Crippen molar-refractivity contribution in [3.63, 3.8) is 0 Å². The molecule has 0 fully saturated rings. The Morgan fingerprint density at radius 2 is 1.85 bits per heavy atom. The van der Waals surface area contributed by atoms with Crippen LogP contribution in [0.2, 0.25) is 0 Å². The van der Waals surface area contributed by atoms with Crippen LogP contribution in [0.15, 0.2) is 18.2 Å². The molecule has 0 aliphatic heterocycles. The van der Waals surface area contributed by atoms with Crippen LogP contribution < -0.4 is 5.73 Å². The van der Waals surface area contributed by atoms with E-state index in [0.29, 0.717) is 0 Å². The van der Waals surface area contributed by atoms with E-state index in [1.807, 2.05) is 0 Å². The van der Waals surface area contributed by atoms with Gasteiger partial charge in [-0.25, -0.2) is 8.78 Å². The molecule has 0 heterocycles. The largest absolute Gasteiger partial charge is 0.396 e. The second kappa shape index (κ2) is 4.30. The Bertz CT molecular complexity index is 271. The van der Waals surface area contributed by atoms with Crippen molar-refractivity contribution in [3.05, 3.63) is 35.4 Å². The topological polar surface area (TPSA) is 46.2 Å². The highest BCUT2D eigenvalue weighted by atomic mass is 19.1. The minimum absolute atomic E-state index is 0.151. The summed E-state index contributed by atoms with van der Waals surface area (Å²) in [5.41, 5.74) is 5.31. The van der Waals surface area contributed by atoms with Gasteiger partial charge in [-0.05, 0) is 18.6 Å². The van der Waals surface area contributed by atoms with Crippen molar-refractivity contribution in [2.24, 2.45) is 5.73 Å². The fourth-order valence-corrected chi connectivity index (χ4v) is 1.15. The number of nitrogens with two attached hydrogens (primary N) is 1. The lowest BCUT2D eigenvalue weighted by Gasteiger charge is -2.11. The van der Waals surface area contributed by atoms with E-state index in [2.05, 4.69) is 0 Å². The zero-order valence-corrected chi connectivity index (χ0v) is 7.00. The summed E-state index contributed by atoms with van der Waals surface area (Å²) in [5, 5.41) is 8.55. The molecule has 0 aliphatic rings. The number of hydrogen-bond donors (Lipinski definition) is 2. The highest BCUT2D eigenvalue weighted by Gasteiger charge is 2.15. The van der Waals surface area contributed by atoms with Gasteiger partial charge in [0, 0.05) is 18.2 Å². The first-order valence-corrected chi connectivity index (χ1v) is 3.97. The Morgan fingerprint density at radius 1 is 1.31 bits per heavy atom. The third kappa shape index (κ3) is 2.23. The molecule has 72 valence electrons. The molecule has 0 aliphatic carbocycles. The van der Waals surface area contributed by atoms with E-state index in [1.165, 1.54) is 6.07 Å². The van der Waals surface area contributed by atoms with Crippen LogP contribution in [0.3, 0.4) is 0 Å². The lowest BCUT2D eigenvalue weighted by atomic mass is 10.0. The molecule has 1 aromatic rings. The van der Waals surface area contributed by atoms with Gasteiger partial charge in [0.1, 0.15) is 11.6 Å². The zero-order chi connectivity index (χ0) is 9.84. The predicted octanol–water partition coefficient (Wildman–Crippen LogP) is 1.35. The summed E-state index contributed by atoms with van der Waals surface area (Å²) in [6, 6.07) is 2.79. The van der Waals surface area contributed by atoms with Gasteiger partial charge in [-0.1, -0.05) is 6.07 Å². The van der Waals surface area contributed by atoms with Gasteiger partial charge in [-0.3, -0.25) is 0 Å². The Kier molecular flexibility index (Phi) is 3.33. The van der Waals surface area contributed by atoms with Crippen molar-refractivity contribution in [1.82, 2.24) is 0 Å². The third-order valence-electron chi connectivity index (χ3n) is 1.81. The van der Waals surface area contributed by atoms with Crippen LogP contribution in [-0.2, 0) is 0 Å². The minimum Gasteiger partial charge on any atom is -0.396 e. The first-order valence-electron chi connectivity index (χ1n) is 3.97. The molecule has 0 spiro atoms. The van der Waals surface area contributed by atoms with Gasteiger partial charge in [0.05, 0.1) is 0 Å². The molecule has 2 nitrogen and oxygen atoms in total. The van der Waals surface area contributed by atoms with E-state index >= 15 is 0 Å². The van der Waals surface area contributed by atoms with Gasteiger partial charge in [-0.2, -0.15) is 0 Å². The van der Waals surface area contributed by atoms with Gasteiger partial charge in [0.15, 0.2) is 0 Å². The molecule has 13 heavy (non-hydrogen) atoms. The van der Waals surface area contributed by atoms with E-state index < -0.39 is 17.7 Å². The summed E-state index contributed by atoms with van der Waals surface area (Å²) in [4.78, 5) is 0. The maximum atomic E-state index is 13.0. The molecule has 0 bridgehead atoms. The molecule has 0 radical (unpaired) electrons. The predicted molar refractivity (Wildman–Crippen MR) is 45.0 cm³/mol. The maximum absolute atomic E-state index is 13.0. The molecule has 0 saturated carbocycles. The molecule has 0 amide bonds. The van der Waals surface area contributed by atoms with Crippen LogP contribution in [0.4, 0.5) is 8.78 Å². The highest BCUT2D eigenvalue weighted by Crippen LogP contribution is 2.20. The Labute approximate surface area is 75.0 Å². The van der Waals surface area contributed by atoms with E-state index in [9.17, 15) is 8.78 Å². The Hall–Kier alpha value is -1.00. The lowest BCUT2D eigenvalue weighted by molar-refractivity contribution is 0.274. The minimum atomic E-state index is -0.786. The molecule has 0 aromatic heterocycles. The van der Waals surface area contributed by atoms with Crippen molar-refractivity contribution >= 4 is 0 Å². The number of aliphatic hydroxyl groups is 1. The van der Waals surface area contributed by atoms with Crippen LogP contribution in [0.5, 0.6) is 0 Å². The first-order chi connectivity index (χ1) is 6.16. The first kappa shape index (κ1) is 10.1. The lowest BCUT2D eigenvalue weighted by Crippen LogP contribution is -2.15. The van der Waals surface area contributed by atoms with Gasteiger partial charge < -0.3 is 10.8 Å². The quantitative estimate of drug-likeness (QED) is 0.750. The molecule has 1 atom stereocenters. The third-order valence-corrected chi connectivity index (χ3v) is 1.81. The van der Waals surface area contributed by atoms with Crippen LogP contribution >= 0.6 is 0 Å². The molecule has 0 unspecified atom stereocenters. The van der Waals surface area contributed by atoms with Crippen LogP contribution in [0, 0.1) is 11.6 Å². The smallest absolute Gasteiger partial charge is 0.130 e. The Balaban J connectivity index is 2.98. The fourth-order valence-electron chi connectivity index (χ4n) is 1.15. The SMILES string of the molecule is N[C@@H](CCO)c1c(F)cccc1F. The average Bonchev–Trinajstić information content (AvgIpc) is 2.04. The molecule has 4 heteroatoms. The second-order valence-electron chi connectivity index (χ2n) is 2.75. The molecular formula is C9H11F2NO. The zero-order valence-electron chi connectivity index (χ0n) is 7.00. The number of rotatable bonds is 3. The average molecular weight is 187 g/mol. The summed E-state index contributed by atoms with van der Waals surface area (Å²) in [6.45, 7) is -0.186. The van der Waals surface area contributed by atoms with Crippen molar-refractivity contribution < 1.29 is 13.9 Å². The van der Waals surface area contributed by atoms with E-state index in [-0.39, 0.29) is 18.6 Å². The molecular weight excluding hydrogens is 176 g/mol. The van der Waals surface area contributed by atoms with Crippen molar-refractivity contribution in [3.8, 4) is 0 Å². The van der Waals surface area contributed by atoms with Crippen molar-refractivity contribution in [1.29, 1.82) is 0 Å². The van der Waals surface area contributed by atoms with Gasteiger partial charge >= 0.3 is 0 Å². The maximum Gasteiger partial charge on any atom is 0.130 e. The van der Waals surface area contributed by atoms with Gasteiger partial charge in [0.2, 0.25) is 0 Å². The molecule has 1 aromatic carbocycles. The monoisotopic (exact) mass is 187 g/mol. The molecule has 1 rings (SSSR count). The van der Waals surface area contributed by atoms with E-state index in [1.54, 1.807) is 0 Å². The fraction of sp³-hybridized carbons (Fsp3) is 0.333. The Morgan fingerprint density at radius 3 is 2.31 bits per heavy atom. The number of halogens is 2. The normalized spacial score (nSPS) is 12.9. The molecule has 3 N–H and O–H groups in total. The summed E-state index contributed by atoms with van der Waals surface area (Å²) in [7, 11) is 0. The summed E-state index contributed by atoms with van der Waals surface area (Å²) in [5.74, 6) is -1.33. The van der Waals surface area contributed by atoms with E-state index in [4.69, 9.17) is 10.8 Å². The van der Waals surface area contributed by atoms with E-state index in [0.717, 1.165) is 12.1 Å². The standard InChI is InChI=1S/C9H11F2NO/c10-6-2-1-3-7(11)9(6)8(12)4-5-13/h1-3,8,13H,4-5,12H2/t8-/m0/s1. The van der Waals surface area contributed by atoms with Crippen LogP contribution in [0.1, 0.15) is 18.0 Å². The summed E-state index contributed by atoms with van der Waals surface area (Å²) in [6.07, 6.45) is 0.151. The van der Waals surface area contributed by atoms with Gasteiger partial charge in [-0.15, -0.1) is 0 Å². The van der Waals surface area contributed by atoms with Gasteiger partial charge in [0.25, 0.3) is 0 Å². The number of aliphatic hydroxyl groups excluding tert-OH is 1. The highest BCUT2D eigenvalue weighted by molar-refractivity contribution is 5.22. The summed E-state index contributed by atoms with van der Waals surface area (Å²) >= 11 is 0. The summed E-state index contributed by atoms with van der Waals surface area (Å²) < 4.78 is 26.0.